The van der Waals surface area contributed by atoms with Crippen LogP contribution in [0.25, 0.3) is 0 Å². The minimum atomic E-state index is -4.51. The first-order chi connectivity index (χ1) is 7.38. The Bertz CT molecular complexity index is 457. The van der Waals surface area contributed by atoms with Gasteiger partial charge in [0.15, 0.2) is 12.4 Å². The molecule has 1 aliphatic heterocycles. The van der Waals surface area contributed by atoms with Crippen LogP contribution in [0.5, 0.6) is 5.75 Å². The molecule has 2 rings (SSSR count). The molecule has 0 aromatic heterocycles. The molecule has 1 aliphatic rings. The molecule has 16 heavy (non-hydrogen) atoms. The van der Waals surface area contributed by atoms with Gasteiger partial charge in [-0.05, 0) is 12.1 Å². The Morgan fingerprint density at radius 3 is 2.69 bits per heavy atom. The SMILES string of the molecule is Nc1cc(C(F)(F)F)cc2c1OCC(=O)N2. The standard InChI is InChI=1S/C9H7F3N2O2/c10-9(11,12)4-1-5(13)8-6(2-4)14-7(15)3-16-8/h1-2H,3,13H2,(H,14,15). The lowest BCUT2D eigenvalue weighted by Gasteiger charge is -2.21. The molecule has 0 bridgehead atoms. The van der Waals surface area contributed by atoms with Crippen molar-refractivity contribution in [3.05, 3.63) is 17.7 Å². The predicted octanol–water partition coefficient (Wildman–Crippen LogP) is 1.62. The van der Waals surface area contributed by atoms with Crippen LogP contribution in [-0.2, 0) is 11.0 Å². The van der Waals surface area contributed by atoms with E-state index in [4.69, 9.17) is 10.5 Å². The highest BCUT2D eigenvalue weighted by Crippen LogP contribution is 2.40. The minimum absolute atomic E-state index is 0.0522. The van der Waals surface area contributed by atoms with Crippen LogP contribution in [0.1, 0.15) is 5.56 Å². The van der Waals surface area contributed by atoms with Gasteiger partial charge in [0.05, 0.1) is 16.9 Å². The zero-order valence-corrected chi connectivity index (χ0v) is 7.89. The highest BCUT2D eigenvalue weighted by molar-refractivity contribution is 5.97. The number of halogens is 3. The number of ether oxygens (including phenoxy) is 1. The molecule has 4 nitrogen and oxygen atoms in total. The van der Waals surface area contributed by atoms with Crippen molar-refractivity contribution in [2.45, 2.75) is 6.18 Å². The van der Waals surface area contributed by atoms with Crippen molar-refractivity contribution < 1.29 is 22.7 Å². The fourth-order valence-electron chi connectivity index (χ4n) is 1.39. The molecule has 0 saturated carbocycles. The van der Waals surface area contributed by atoms with Gasteiger partial charge >= 0.3 is 6.18 Å². The molecule has 1 aromatic rings. The monoisotopic (exact) mass is 232 g/mol. The summed E-state index contributed by atoms with van der Waals surface area (Å²) < 4.78 is 42.2. The van der Waals surface area contributed by atoms with Crippen molar-refractivity contribution in [2.24, 2.45) is 0 Å². The number of alkyl halides is 3. The third kappa shape index (κ3) is 1.75. The lowest BCUT2D eigenvalue weighted by atomic mass is 10.1. The number of anilines is 2. The lowest BCUT2D eigenvalue weighted by molar-refractivity contribution is -0.137. The number of carbonyl (C=O) groups is 1. The fourth-order valence-corrected chi connectivity index (χ4v) is 1.39. The third-order valence-electron chi connectivity index (χ3n) is 2.07. The topological polar surface area (TPSA) is 64.3 Å². The molecule has 1 aromatic carbocycles. The molecular formula is C9H7F3N2O2. The first kappa shape index (κ1) is 10.6. The van der Waals surface area contributed by atoms with Crippen LogP contribution >= 0.6 is 0 Å². The summed E-state index contributed by atoms with van der Waals surface area (Å²) in [5, 5.41) is 2.27. The molecule has 0 spiro atoms. The van der Waals surface area contributed by atoms with E-state index in [0.717, 1.165) is 12.1 Å². The number of rotatable bonds is 0. The molecule has 0 radical (unpaired) electrons. The second-order valence-corrected chi connectivity index (χ2v) is 3.28. The molecule has 0 atom stereocenters. The number of nitrogens with one attached hydrogen (secondary N) is 1. The first-order valence-corrected chi connectivity index (χ1v) is 4.31. The van der Waals surface area contributed by atoms with Crippen molar-refractivity contribution >= 4 is 17.3 Å². The minimum Gasteiger partial charge on any atom is -0.479 e. The van der Waals surface area contributed by atoms with Crippen LogP contribution in [-0.4, -0.2) is 12.5 Å². The van der Waals surface area contributed by atoms with Gasteiger partial charge in [-0.15, -0.1) is 0 Å². The maximum atomic E-state index is 12.4. The summed E-state index contributed by atoms with van der Waals surface area (Å²) in [5.41, 5.74) is 4.29. The Morgan fingerprint density at radius 1 is 1.38 bits per heavy atom. The van der Waals surface area contributed by atoms with Crippen LogP contribution in [0, 0.1) is 0 Å². The van der Waals surface area contributed by atoms with Gasteiger partial charge in [-0.1, -0.05) is 0 Å². The average molecular weight is 232 g/mol. The molecule has 0 unspecified atom stereocenters. The molecule has 3 N–H and O–H groups in total. The number of hydrogen-bond donors (Lipinski definition) is 2. The van der Waals surface area contributed by atoms with Crippen molar-refractivity contribution in [3.63, 3.8) is 0 Å². The summed E-state index contributed by atoms with van der Waals surface area (Å²) in [7, 11) is 0. The second kappa shape index (κ2) is 3.29. The summed E-state index contributed by atoms with van der Waals surface area (Å²) in [5.74, 6) is -0.432. The van der Waals surface area contributed by atoms with Crippen LogP contribution in [0.2, 0.25) is 0 Å². The van der Waals surface area contributed by atoms with E-state index in [1.807, 2.05) is 0 Å². The highest BCUT2D eigenvalue weighted by Gasteiger charge is 2.33. The summed E-state index contributed by atoms with van der Waals surface area (Å²) in [4.78, 5) is 10.9. The number of amides is 1. The van der Waals surface area contributed by atoms with E-state index >= 15 is 0 Å². The van der Waals surface area contributed by atoms with Gasteiger partial charge < -0.3 is 15.8 Å². The molecule has 0 saturated heterocycles. The van der Waals surface area contributed by atoms with E-state index in [1.165, 1.54) is 0 Å². The molecule has 1 heterocycles. The van der Waals surface area contributed by atoms with Crippen LogP contribution in [0.15, 0.2) is 12.1 Å². The van der Waals surface area contributed by atoms with Crippen molar-refractivity contribution in [2.75, 3.05) is 17.7 Å². The number of carbonyl (C=O) groups excluding carboxylic acids is 1. The van der Waals surface area contributed by atoms with Crippen LogP contribution in [0.3, 0.4) is 0 Å². The van der Waals surface area contributed by atoms with E-state index in [-0.39, 0.29) is 23.7 Å². The first-order valence-electron chi connectivity index (χ1n) is 4.31. The average Bonchev–Trinajstić information content (AvgIpc) is 2.15. The second-order valence-electron chi connectivity index (χ2n) is 3.28. The largest absolute Gasteiger partial charge is 0.479 e. The summed E-state index contributed by atoms with van der Waals surface area (Å²) in [6, 6.07) is 1.57. The molecule has 86 valence electrons. The van der Waals surface area contributed by atoms with E-state index in [9.17, 15) is 18.0 Å². The molecule has 0 aliphatic carbocycles. The maximum Gasteiger partial charge on any atom is 0.416 e. The van der Waals surface area contributed by atoms with Gasteiger partial charge in [0.1, 0.15) is 0 Å². The van der Waals surface area contributed by atoms with Crippen LogP contribution < -0.4 is 15.8 Å². The normalized spacial score (nSPS) is 15.1. The van der Waals surface area contributed by atoms with Gasteiger partial charge in [-0.3, -0.25) is 4.79 Å². The Morgan fingerprint density at radius 2 is 2.06 bits per heavy atom. The molecule has 7 heteroatoms. The van der Waals surface area contributed by atoms with E-state index in [2.05, 4.69) is 5.32 Å². The molecule has 0 fully saturated rings. The Balaban J connectivity index is 2.52. The van der Waals surface area contributed by atoms with Crippen molar-refractivity contribution in [1.29, 1.82) is 0 Å². The lowest BCUT2D eigenvalue weighted by Crippen LogP contribution is -2.26. The number of nitrogen functional groups attached to an aromatic ring is 1. The van der Waals surface area contributed by atoms with Gasteiger partial charge in [0.2, 0.25) is 0 Å². The number of nitrogens with two attached hydrogens (primary N) is 1. The Hall–Kier alpha value is -1.92. The molecule has 1 amide bonds. The number of benzene rings is 1. The third-order valence-corrected chi connectivity index (χ3v) is 2.07. The summed E-state index contributed by atoms with van der Waals surface area (Å²) in [6.45, 7) is -0.247. The highest BCUT2D eigenvalue weighted by atomic mass is 19.4. The summed E-state index contributed by atoms with van der Waals surface area (Å²) >= 11 is 0. The van der Waals surface area contributed by atoms with Gasteiger partial charge in [0, 0.05) is 0 Å². The van der Waals surface area contributed by atoms with Crippen LogP contribution in [0.4, 0.5) is 24.5 Å². The summed E-state index contributed by atoms with van der Waals surface area (Å²) in [6.07, 6.45) is -4.51. The Kier molecular flexibility index (Phi) is 2.18. The predicted molar refractivity (Wildman–Crippen MR) is 50.0 cm³/mol. The smallest absolute Gasteiger partial charge is 0.416 e. The number of hydrogen-bond acceptors (Lipinski definition) is 3. The van der Waals surface area contributed by atoms with E-state index in [1.54, 1.807) is 0 Å². The maximum absolute atomic E-state index is 12.4. The van der Waals surface area contributed by atoms with E-state index in [0.29, 0.717) is 0 Å². The van der Waals surface area contributed by atoms with E-state index < -0.39 is 17.6 Å². The molecular weight excluding hydrogens is 225 g/mol. The van der Waals surface area contributed by atoms with Crippen molar-refractivity contribution in [1.82, 2.24) is 0 Å². The quantitative estimate of drug-likeness (QED) is 0.668. The number of fused-ring (bicyclic) bond motifs is 1. The van der Waals surface area contributed by atoms with Gasteiger partial charge in [-0.25, -0.2) is 0 Å². The zero-order chi connectivity index (χ0) is 11.9. The fraction of sp³-hybridized carbons (Fsp3) is 0.222. The van der Waals surface area contributed by atoms with Gasteiger partial charge in [0.25, 0.3) is 5.91 Å². The Labute approximate surface area is 88.2 Å². The zero-order valence-electron chi connectivity index (χ0n) is 7.89. The van der Waals surface area contributed by atoms with Crippen molar-refractivity contribution in [3.8, 4) is 5.75 Å². The van der Waals surface area contributed by atoms with Gasteiger partial charge in [-0.2, -0.15) is 13.2 Å².